The van der Waals surface area contributed by atoms with Gasteiger partial charge in [-0.2, -0.15) is 0 Å². The van der Waals surface area contributed by atoms with E-state index in [9.17, 15) is 9.59 Å². The van der Waals surface area contributed by atoms with Gasteiger partial charge in [-0.15, -0.1) is 0 Å². The van der Waals surface area contributed by atoms with Crippen LogP contribution in [0.3, 0.4) is 0 Å². The molecular weight excluding hydrogens is 230 g/mol. The van der Waals surface area contributed by atoms with Crippen LogP contribution in [0.25, 0.3) is 11.4 Å². The van der Waals surface area contributed by atoms with Gasteiger partial charge in [0.05, 0.1) is 11.4 Å². The van der Waals surface area contributed by atoms with Crippen molar-refractivity contribution < 1.29 is 4.79 Å². The van der Waals surface area contributed by atoms with Gasteiger partial charge in [0.1, 0.15) is 5.56 Å². The first-order valence-corrected chi connectivity index (χ1v) is 5.46. The van der Waals surface area contributed by atoms with Crippen LogP contribution in [0.4, 0.5) is 0 Å². The molecule has 0 fully saturated rings. The monoisotopic (exact) mass is 243 g/mol. The summed E-state index contributed by atoms with van der Waals surface area (Å²) in [6, 6.07) is 8.62. The average molecular weight is 243 g/mol. The number of aromatic amines is 1. The first-order chi connectivity index (χ1) is 8.59. The molecule has 0 spiro atoms. The highest BCUT2D eigenvalue weighted by atomic mass is 16.2. The van der Waals surface area contributed by atoms with Crippen molar-refractivity contribution >= 4 is 5.91 Å². The summed E-state index contributed by atoms with van der Waals surface area (Å²) in [5, 5.41) is 0. The number of nitrogens with zero attached hydrogens (tertiary/aromatic N) is 2. The molecule has 5 heteroatoms. The Morgan fingerprint density at radius 2 is 2.00 bits per heavy atom. The molecule has 0 atom stereocenters. The van der Waals surface area contributed by atoms with Crippen molar-refractivity contribution in [3.8, 4) is 11.4 Å². The molecular formula is C13H13N3O2. The van der Waals surface area contributed by atoms with Gasteiger partial charge in [-0.05, 0) is 24.3 Å². The first kappa shape index (κ1) is 12.0. The molecule has 1 N–H and O–H groups in total. The molecule has 0 unspecified atom stereocenters. The lowest BCUT2D eigenvalue weighted by atomic mass is 10.2. The second kappa shape index (κ2) is 4.83. The number of carbonyl (C=O) groups is 1. The Hall–Kier alpha value is -2.43. The number of rotatable bonds is 2. The smallest absolute Gasteiger partial charge is 0.261 e. The van der Waals surface area contributed by atoms with E-state index < -0.39 is 5.56 Å². The Balaban J connectivity index is 2.43. The lowest BCUT2D eigenvalue weighted by Crippen LogP contribution is -2.28. The molecule has 5 nitrogen and oxygen atoms in total. The van der Waals surface area contributed by atoms with E-state index in [0.29, 0.717) is 11.4 Å². The molecule has 0 bridgehead atoms. The third-order valence-electron chi connectivity index (χ3n) is 2.49. The molecule has 2 rings (SSSR count). The van der Waals surface area contributed by atoms with Gasteiger partial charge in [0, 0.05) is 20.3 Å². The van der Waals surface area contributed by atoms with Crippen LogP contribution < -0.4 is 5.56 Å². The van der Waals surface area contributed by atoms with Crippen molar-refractivity contribution in [2.75, 3.05) is 14.1 Å². The van der Waals surface area contributed by atoms with Crippen molar-refractivity contribution in [1.82, 2.24) is 14.9 Å². The van der Waals surface area contributed by atoms with Gasteiger partial charge in [0.2, 0.25) is 0 Å². The summed E-state index contributed by atoms with van der Waals surface area (Å²) in [5.41, 5.74) is 0.978. The summed E-state index contributed by atoms with van der Waals surface area (Å²) in [4.78, 5) is 31.7. The molecule has 18 heavy (non-hydrogen) atoms. The summed E-state index contributed by atoms with van der Waals surface area (Å²) >= 11 is 0. The Bertz CT molecular complexity index is 618. The lowest BCUT2D eigenvalue weighted by molar-refractivity contribution is 0.0826. The van der Waals surface area contributed by atoms with E-state index in [1.54, 1.807) is 38.5 Å². The lowest BCUT2D eigenvalue weighted by Gasteiger charge is -2.09. The molecule has 2 aromatic heterocycles. The summed E-state index contributed by atoms with van der Waals surface area (Å²) in [5.74, 6) is -0.316. The fourth-order valence-electron chi connectivity index (χ4n) is 1.55. The molecule has 1 amide bonds. The second-order valence-corrected chi connectivity index (χ2v) is 4.03. The van der Waals surface area contributed by atoms with Gasteiger partial charge in [0.15, 0.2) is 0 Å². The Labute approximate surface area is 104 Å². The standard InChI is InChI=1S/C13H13N3O2/c1-16(2)13(18)9-6-7-11(15-12(9)17)10-5-3-4-8-14-10/h3-8H,1-2H3,(H,15,17). The van der Waals surface area contributed by atoms with E-state index >= 15 is 0 Å². The van der Waals surface area contributed by atoms with Crippen LogP contribution in [0.2, 0.25) is 0 Å². The number of aromatic nitrogens is 2. The number of hydrogen-bond acceptors (Lipinski definition) is 3. The third kappa shape index (κ3) is 2.29. The van der Waals surface area contributed by atoms with E-state index in [-0.39, 0.29) is 11.5 Å². The van der Waals surface area contributed by atoms with Crippen LogP contribution in [-0.2, 0) is 0 Å². The maximum atomic E-state index is 11.8. The SMILES string of the molecule is CN(C)C(=O)c1ccc(-c2ccccn2)[nH]c1=O. The summed E-state index contributed by atoms with van der Waals surface area (Å²) in [6.07, 6.45) is 1.65. The van der Waals surface area contributed by atoms with E-state index in [4.69, 9.17) is 0 Å². The van der Waals surface area contributed by atoms with Gasteiger partial charge in [-0.3, -0.25) is 14.6 Å². The summed E-state index contributed by atoms with van der Waals surface area (Å²) in [7, 11) is 3.21. The van der Waals surface area contributed by atoms with Crippen LogP contribution >= 0.6 is 0 Å². The van der Waals surface area contributed by atoms with Crippen molar-refractivity contribution in [2.24, 2.45) is 0 Å². The number of pyridine rings is 2. The molecule has 0 aliphatic heterocycles. The minimum absolute atomic E-state index is 0.125. The molecule has 0 radical (unpaired) electrons. The van der Waals surface area contributed by atoms with Gasteiger partial charge in [0.25, 0.3) is 11.5 Å². The van der Waals surface area contributed by atoms with Gasteiger partial charge >= 0.3 is 0 Å². The van der Waals surface area contributed by atoms with Crippen LogP contribution in [0, 0.1) is 0 Å². The molecule has 2 aromatic rings. The highest BCUT2D eigenvalue weighted by Crippen LogP contribution is 2.11. The Kier molecular flexibility index (Phi) is 3.23. The van der Waals surface area contributed by atoms with Crippen LogP contribution in [0.5, 0.6) is 0 Å². The van der Waals surface area contributed by atoms with Crippen molar-refractivity contribution in [1.29, 1.82) is 0 Å². The molecule has 92 valence electrons. The normalized spacial score (nSPS) is 10.1. The zero-order chi connectivity index (χ0) is 13.1. The predicted octanol–water partition coefficient (Wildman–Crippen LogP) is 1.14. The van der Waals surface area contributed by atoms with Crippen molar-refractivity contribution in [3.63, 3.8) is 0 Å². The fraction of sp³-hybridized carbons (Fsp3) is 0.154. The van der Waals surface area contributed by atoms with Gasteiger partial charge < -0.3 is 9.88 Å². The number of hydrogen-bond donors (Lipinski definition) is 1. The summed E-state index contributed by atoms with van der Waals surface area (Å²) in [6.45, 7) is 0. The van der Waals surface area contributed by atoms with E-state index in [1.807, 2.05) is 6.07 Å². The molecule has 0 aliphatic carbocycles. The second-order valence-electron chi connectivity index (χ2n) is 4.03. The van der Waals surface area contributed by atoms with E-state index in [1.165, 1.54) is 11.0 Å². The topological polar surface area (TPSA) is 66.1 Å². The average Bonchev–Trinajstić information content (AvgIpc) is 2.38. The largest absolute Gasteiger partial charge is 0.345 e. The Morgan fingerprint density at radius 1 is 1.22 bits per heavy atom. The molecule has 0 aromatic carbocycles. The van der Waals surface area contributed by atoms with Crippen LogP contribution in [-0.4, -0.2) is 34.9 Å². The summed E-state index contributed by atoms with van der Waals surface area (Å²) < 4.78 is 0. The highest BCUT2D eigenvalue weighted by Gasteiger charge is 2.13. The predicted molar refractivity (Wildman–Crippen MR) is 68.3 cm³/mol. The minimum Gasteiger partial charge on any atom is -0.345 e. The van der Waals surface area contributed by atoms with Gasteiger partial charge in [-0.1, -0.05) is 6.07 Å². The maximum absolute atomic E-state index is 11.8. The minimum atomic E-state index is -0.406. The quantitative estimate of drug-likeness (QED) is 0.860. The van der Waals surface area contributed by atoms with Gasteiger partial charge in [-0.25, -0.2) is 0 Å². The molecule has 0 saturated carbocycles. The molecule has 0 aliphatic rings. The zero-order valence-electron chi connectivity index (χ0n) is 10.2. The third-order valence-corrected chi connectivity index (χ3v) is 2.49. The van der Waals surface area contributed by atoms with E-state index in [0.717, 1.165) is 0 Å². The number of amides is 1. The van der Waals surface area contributed by atoms with Crippen LogP contribution in [0.15, 0.2) is 41.3 Å². The maximum Gasteiger partial charge on any atom is 0.261 e. The van der Waals surface area contributed by atoms with Crippen molar-refractivity contribution in [3.05, 3.63) is 52.4 Å². The molecule has 0 saturated heterocycles. The van der Waals surface area contributed by atoms with E-state index in [2.05, 4.69) is 9.97 Å². The number of carbonyl (C=O) groups excluding carboxylic acids is 1. The molecule has 2 heterocycles. The Morgan fingerprint density at radius 3 is 2.56 bits per heavy atom. The number of nitrogens with one attached hydrogen (secondary N) is 1. The fourth-order valence-corrected chi connectivity index (χ4v) is 1.55. The van der Waals surface area contributed by atoms with Crippen molar-refractivity contribution in [2.45, 2.75) is 0 Å². The first-order valence-electron chi connectivity index (χ1n) is 5.46. The highest BCUT2D eigenvalue weighted by molar-refractivity contribution is 5.93. The number of H-pyrrole nitrogens is 1. The zero-order valence-corrected chi connectivity index (χ0v) is 10.2. The van der Waals surface area contributed by atoms with Crippen LogP contribution in [0.1, 0.15) is 10.4 Å².